The maximum absolute atomic E-state index is 12.5. The number of carbonyl (C=O) groups is 3. The Labute approximate surface area is 211 Å². The second-order valence-electron chi connectivity index (χ2n) is 8.94. The molecule has 0 aliphatic heterocycles. The third kappa shape index (κ3) is 6.13. The zero-order valence-corrected chi connectivity index (χ0v) is 21.4. The summed E-state index contributed by atoms with van der Waals surface area (Å²) in [6.07, 6.45) is 5.14. The van der Waals surface area contributed by atoms with Crippen molar-refractivity contribution in [2.45, 2.75) is 33.2 Å². The minimum atomic E-state index is -1.02. The van der Waals surface area contributed by atoms with E-state index in [9.17, 15) is 19.5 Å². The molecule has 0 atom stereocenters. The largest absolute Gasteiger partial charge is 0.496 e. The zero-order chi connectivity index (χ0) is 26.4. The summed E-state index contributed by atoms with van der Waals surface area (Å²) in [6, 6.07) is 10.7. The van der Waals surface area contributed by atoms with Gasteiger partial charge in [0.2, 0.25) is 11.8 Å². The van der Waals surface area contributed by atoms with Crippen LogP contribution in [0, 0.1) is 0 Å². The fourth-order valence-corrected chi connectivity index (χ4v) is 3.96. The Morgan fingerprint density at radius 2 is 1.86 bits per heavy atom. The SMILES string of the molecule is CCCNC(=O)/C(C)=C\c1ccc2c(c1)c(Cc1ccc(C(=O)O)cc1OC)cn2CC(=O)N(C)C. The maximum atomic E-state index is 12.5. The van der Waals surface area contributed by atoms with Gasteiger partial charge >= 0.3 is 5.97 Å². The van der Waals surface area contributed by atoms with Gasteiger partial charge in [0.15, 0.2) is 0 Å². The van der Waals surface area contributed by atoms with Crippen LogP contribution in [0.3, 0.4) is 0 Å². The molecule has 2 aromatic carbocycles. The Morgan fingerprint density at radius 1 is 1.11 bits per heavy atom. The number of carboxylic acids is 1. The van der Waals surface area contributed by atoms with E-state index in [4.69, 9.17) is 4.74 Å². The molecule has 0 radical (unpaired) electrons. The number of hydrogen-bond acceptors (Lipinski definition) is 4. The Kier molecular flexibility index (Phi) is 8.53. The summed E-state index contributed by atoms with van der Waals surface area (Å²) in [7, 11) is 4.96. The lowest BCUT2D eigenvalue weighted by atomic mass is 10.00. The van der Waals surface area contributed by atoms with Crippen LogP contribution in [0.4, 0.5) is 0 Å². The predicted molar refractivity (Wildman–Crippen MR) is 140 cm³/mol. The first-order valence-electron chi connectivity index (χ1n) is 11.8. The van der Waals surface area contributed by atoms with Crippen LogP contribution in [0.2, 0.25) is 0 Å². The first-order chi connectivity index (χ1) is 17.1. The van der Waals surface area contributed by atoms with Gasteiger partial charge in [-0.1, -0.05) is 19.1 Å². The molecule has 2 amide bonds. The van der Waals surface area contributed by atoms with Gasteiger partial charge in [0.25, 0.3) is 0 Å². The summed E-state index contributed by atoms with van der Waals surface area (Å²) in [5, 5.41) is 13.2. The van der Waals surface area contributed by atoms with E-state index in [2.05, 4.69) is 5.32 Å². The second kappa shape index (κ2) is 11.6. The molecule has 0 aliphatic rings. The van der Waals surface area contributed by atoms with Crippen molar-refractivity contribution in [2.24, 2.45) is 0 Å². The molecule has 190 valence electrons. The molecular weight excluding hydrogens is 458 g/mol. The fraction of sp³-hybridized carbons (Fsp3) is 0.321. The lowest BCUT2D eigenvalue weighted by Gasteiger charge is -2.11. The Hall–Kier alpha value is -4.07. The smallest absolute Gasteiger partial charge is 0.335 e. The summed E-state index contributed by atoms with van der Waals surface area (Å²) < 4.78 is 7.39. The highest BCUT2D eigenvalue weighted by Crippen LogP contribution is 2.30. The number of nitrogens with one attached hydrogen (secondary N) is 1. The maximum Gasteiger partial charge on any atom is 0.335 e. The number of ether oxygens (including phenoxy) is 1. The number of carboxylic acid groups (broad SMARTS) is 1. The van der Waals surface area contributed by atoms with Crippen molar-refractivity contribution in [1.29, 1.82) is 0 Å². The molecule has 0 unspecified atom stereocenters. The van der Waals surface area contributed by atoms with Crippen LogP contribution in [-0.4, -0.2) is 60.1 Å². The minimum absolute atomic E-state index is 0.0331. The number of nitrogens with zero attached hydrogens (tertiary/aromatic N) is 2. The van der Waals surface area contributed by atoms with E-state index < -0.39 is 5.97 Å². The molecule has 1 heterocycles. The minimum Gasteiger partial charge on any atom is -0.496 e. The van der Waals surface area contributed by atoms with Crippen LogP contribution in [0.1, 0.15) is 47.3 Å². The first-order valence-corrected chi connectivity index (χ1v) is 11.8. The standard InChI is InChI=1S/C28H33N3O5/c1-6-11-29-27(33)18(2)12-19-7-10-24-23(13-19)22(16-31(24)17-26(32)30(3)4)14-20-8-9-21(28(34)35)15-25(20)36-5/h7-10,12-13,15-16H,6,11,14,17H2,1-5H3,(H,29,33)(H,34,35)/b18-12-. The van der Waals surface area contributed by atoms with Gasteiger partial charge in [-0.3, -0.25) is 9.59 Å². The molecule has 3 aromatic rings. The van der Waals surface area contributed by atoms with E-state index in [-0.39, 0.29) is 23.9 Å². The van der Waals surface area contributed by atoms with E-state index in [0.29, 0.717) is 24.3 Å². The van der Waals surface area contributed by atoms with Crippen molar-refractivity contribution >= 4 is 34.8 Å². The molecule has 3 rings (SSSR count). The van der Waals surface area contributed by atoms with Crippen molar-refractivity contribution < 1.29 is 24.2 Å². The van der Waals surface area contributed by atoms with Gasteiger partial charge in [-0.15, -0.1) is 0 Å². The van der Waals surface area contributed by atoms with Crippen molar-refractivity contribution in [3.05, 3.63) is 70.4 Å². The van der Waals surface area contributed by atoms with Gasteiger partial charge in [-0.25, -0.2) is 4.79 Å². The molecule has 8 nitrogen and oxygen atoms in total. The van der Waals surface area contributed by atoms with Crippen LogP contribution in [-0.2, 0) is 22.6 Å². The first kappa shape index (κ1) is 26.5. The number of carbonyl (C=O) groups excluding carboxylic acids is 2. The highest BCUT2D eigenvalue weighted by molar-refractivity contribution is 5.98. The number of amides is 2. The third-order valence-electron chi connectivity index (χ3n) is 5.98. The summed E-state index contributed by atoms with van der Waals surface area (Å²) in [5.74, 6) is -0.670. The molecule has 0 spiro atoms. The van der Waals surface area contributed by atoms with Gasteiger partial charge in [0.1, 0.15) is 12.3 Å². The molecule has 1 aromatic heterocycles. The molecule has 0 bridgehead atoms. The highest BCUT2D eigenvalue weighted by atomic mass is 16.5. The normalized spacial score (nSPS) is 11.4. The molecule has 8 heteroatoms. The number of aromatic nitrogens is 1. The number of aromatic carboxylic acids is 1. The average molecular weight is 492 g/mol. The van der Waals surface area contributed by atoms with Crippen LogP contribution in [0.15, 0.2) is 48.2 Å². The quantitative estimate of drug-likeness (QED) is 0.418. The molecule has 0 saturated carbocycles. The lowest BCUT2D eigenvalue weighted by molar-refractivity contribution is -0.129. The van der Waals surface area contributed by atoms with E-state index in [1.165, 1.54) is 13.2 Å². The monoisotopic (exact) mass is 491 g/mol. The van der Waals surface area contributed by atoms with Crippen molar-refractivity contribution in [1.82, 2.24) is 14.8 Å². The number of methoxy groups -OCH3 is 1. The van der Waals surface area contributed by atoms with E-state index in [1.807, 2.05) is 42.0 Å². The Balaban J connectivity index is 2.07. The number of fused-ring (bicyclic) bond motifs is 1. The molecule has 0 saturated heterocycles. The summed E-state index contributed by atoms with van der Waals surface area (Å²) >= 11 is 0. The molecule has 36 heavy (non-hydrogen) atoms. The predicted octanol–water partition coefficient (Wildman–Crippen LogP) is 3.96. The number of benzene rings is 2. The molecule has 2 N–H and O–H groups in total. The average Bonchev–Trinajstić information content (AvgIpc) is 3.18. The Bertz CT molecular complexity index is 1320. The van der Waals surface area contributed by atoms with Crippen LogP contribution in [0.25, 0.3) is 17.0 Å². The van der Waals surface area contributed by atoms with Crippen molar-refractivity contribution in [2.75, 3.05) is 27.7 Å². The second-order valence-corrected chi connectivity index (χ2v) is 8.94. The van der Waals surface area contributed by atoms with Gasteiger partial charge < -0.3 is 24.6 Å². The van der Waals surface area contributed by atoms with Gasteiger partial charge in [-0.2, -0.15) is 0 Å². The van der Waals surface area contributed by atoms with Crippen molar-refractivity contribution in [3.8, 4) is 5.75 Å². The van der Waals surface area contributed by atoms with Crippen molar-refractivity contribution in [3.63, 3.8) is 0 Å². The molecule has 0 fully saturated rings. The van der Waals surface area contributed by atoms with Crippen LogP contribution < -0.4 is 10.1 Å². The Morgan fingerprint density at radius 3 is 2.50 bits per heavy atom. The molecular formula is C28H33N3O5. The zero-order valence-electron chi connectivity index (χ0n) is 21.4. The number of likely N-dealkylation sites (N-methyl/N-ethyl adjacent to an activating group) is 1. The molecule has 0 aliphatic carbocycles. The number of hydrogen-bond donors (Lipinski definition) is 2. The van der Waals surface area contributed by atoms with Gasteiger partial charge in [0, 0.05) is 49.7 Å². The van der Waals surface area contributed by atoms with E-state index in [1.54, 1.807) is 38.1 Å². The van der Waals surface area contributed by atoms with Crippen LogP contribution in [0.5, 0.6) is 5.75 Å². The summed E-state index contributed by atoms with van der Waals surface area (Å²) in [5.41, 5.74) is 4.32. The summed E-state index contributed by atoms with van der Waals surface area (Å²) in [6.45, 7) is 4.60. The van der Waals surface area contributed by atoms with Gasteiger partial charge in [0.05, 0.1) is 12.7 Å². The summed E-state index contributed by atoms with van der Waals surface area (Å²) in [4.78, 5) is 37.7. The fourth-order valence-electron chi connectivity index (χ4n) is 3.96. The van der Waals surface area contributed by atoms with Crippen LogP contribution >= 0.6 is 0 Å². The van der Waals surface area contributed by atoms with E-state index >= 15 is 0 Å². The highest BCUT2D eigenvalue weighted by Gasteiger charge is 2.16. The topological polar surface area (TPSA) is 101 Å². The lowest BCUT2D eigenvalue weighted by Crippen LogP contribution is -2.25. The third-order valence-corrected chi connectivity index (χ3v) is 5.98. The van der Waals surface area contributed by atoms with E-state index in [0.717, 1.165) is 34.0 Å². The van der Waals surface area contributed by atoms with Gasteiger partial charge in [-0.05, 0) is 60.4 Å². The number of rotatable bonds is 10.